The molecule has 1 aromatic heterocycles. The molecule has 0 spiro atoms. The molecular formula is C14H9Cl2FN2O3. The average molecular weight is 343 g/mol. The number of carbonyl (C=O) groups excluding carboxylic acids is 2. The molecular weight excluding hydrogens is 334 g/mol. The molecule has 2 rings (SSSR count). The molecule has 0 bridgehead atoms. The van der Waals surface area contributed by atoms with Crippen molar-refractivity contribution in [3.05, 3.63) is 58.1 Å². The number of amides is 1. The van der Waals surface area contributed by atoms with Gasteiger partial charge in [0.2, 0.25) is 0 Å². The first-order chi connectivity index (χ1) is 10.5. The number of pyridine rings is 1. The Kier molecular flexibility index (Phi) is 5.30. The normalized spacial score (nSPS) is 10.1. The molecule has 0 unspecified atom stereocenters. The summed E-state index contributed by atoms with van der Waals surface area (Å²) in [6.45, 7) is -0.566. The highest BCUT2D eigenvalue weighted by Crippen LogP contribution is 2.18. The van der Waals surface area contributed by atoms with Gasteiger partial charge in [-0.1, -0.05) is 23.2 Å². The first kappa shape index (κ1) is 16.2. The first-order valence-corrected chi connectivity index (χ1v) is 6.75. The third-order valence-electron chi connectivity index (χ3n) is 2.50. The van der Waals surface area contributed by atoms with Crippen LogP contribution in [0.3, 0.4) is 0 Å². The van der Waals surface area contributed by atoms with Crippen molar-refractivity contribution in [2.75, 3.05) is 11.9 Å². The van der Waals surface area contributed by atoms with Gasteiger partial charge in [0, 0.05) is 11.2 Å². The van der Waals surface area contributed by atoms with Gasteiger partial charge in [0.1, 0.15) is 11.0 Å². The van der Waals surface area contributed by atoms with Gasteiger partial charge in [-0.3, -0.25) is 4.79 Å². The van der Waals surface area contributed by atoms with Crippen molar-refractivity contribution in [3.63, 3.8) is 0 Å². The molecule has 0 atom stereocenters. The molecule has 1 aromatic carbocycles. The molecule has 0 aliphatic carbocycles. The molecule has 8 heteroatoms. The highest BCUT2D eigenvalue weighted by Gasteiger charge is 2.12. The molecule has 1 N–H and O–H groups in total. The van der Waals surface area contributed by atoms with Gasteiger partial charge >= 0.3 is 5.97 Å². The Labute approximate surface area is 135 Å². The van der Waals surface area contributed by atoms with Crippen molar-refractivity contribution in [3.8, 4) is 0 Å². The number of aromatic nitrogens is 1. The van der Waals surface area contributed by atoms with Crippen LogP contribution in [0.2, 0.25) is 10.2 Å². The summed E-state index contributed by atoms with van der Waals surface area (Å²) in [5.41, 5.74) is 0.0912. The zero-order valence-electron chi connectivity index (χ0n) is 11.0. The number of hydrogen-bond donors (Lipinski definition) is 1. The maximum Gasteiger partial charge on any atom is 0.340 e. The van der Waals surface area contributed by atoms with E-state index in [0.29, 0.717) is 0 Å². The fourth-order valence-corrected chi connectivity index (χ4v) is 1.76. The van der Waals surface area contributed by atoms with Crippen molar-refractivity contribution in [2.24, 2.45) is 0 Å². The van der Waals surface area contributed by atoms with E-state index in [0.717, 1.165) is 6.07 Å². The smallest absolute Gasteiger partial charge is 0.340 e. The monoisotopic (exact) mass is 342 g/mol. The molecule has 1 heterocycles. The maximum atomic E-state index is 13.5. The van der Waals surface area contributed by atoms with E-state index < -0.39 is 24.3 Å². The summed E-state index contributed by atoms with van der Waals surface area (Å²) in [6.07, 6.45) is 1.22. The molecule has 2 aromatic rings. The second-order valence-electron chi connectivity index (χ2n) is 4.12. The summed E-state index contributed by atoms with van der Waals surface area (Å²) in [5, 5.41) is 2.70. The first-order valence-electron chi connectivity index (χ1n) is 5.99. The highest BCUT2D eigenvalue weighted by molar-refractivity contribution is 6.30. The number of halogens is 3. The molecule has 0 radical (unpaired) electrons. The van der Waals surface area contributed by atoms with Gasteiger partial charge in [0.25, 0.3) is 5.91 Å². The van der Waals surface area contributed by atoms with Gasteiger partial charge in [0.15, 0.2) is 6.61 Å². The predicted octanol–water partition coefficient (Wildman–Crippen LogP) is 3.32. The van der Waals surface area contributed by atoms with Crippen LogP contribution in [0.4, 0.5) is 10.1 Å². The lowest BCUT2D eigenvalue weighted by Gasteiger charge is -2.07. The number of carbonyl (C=O) groups is 2. The van der Waals surface area contributed by atoms with Crippen LogP contribution in [0.15, 0.2) is 36.5 Å². The number of nitrogens with zero attached hydrogens (tertiary/aromatic N) is 1. The van der Waals surface area contributed by atoms with Crippen molar-refractivity contribution < 1.29 is 18.7 Å². The molecule has 5 nitrogen and oxygen atoms in total. The molecule has 114 valence electrons. The lowest BCUT2D eigenvalue weighted by Crippen LogP contribution is -2.21. The van der Waals surface area contributed by atoms with Crippen molar-refractivity contribution in [1.82, 2.24) is 4.98 Å². The van der Waals surface area contributed by atoms with Crippen LogP contribution in [0.1, 0.15) is 10.4 Å². The maximum absolute atomic E-state index is 13.5. The van der Waals surface area contributed by atoms with E-state index in [1.807, 2.05) is 0 Å². The number of benzene rings is 1. The third-order valence-corrected chi connectivity index (χ3v) is 2.96. The fraction of sp³-hybridized carbons (Fsp3) is 0.0714. The van der Waals surface area contributed by atoms with Crippen LogP contribution in [0.25, 0.3) is 0 Å². The molecule has 1 amide bonds. The average Bonchev–Trinajstić information content (AvgIpc) is 2.48. The summed E-state index contributed by atoms with van der Waals surface area (Å²) in [5.74, 6) is -2.11. The van der Waals surface area contributed by atoms with Gasteiger partial charge in [-0.25, -0.2) is 14.2 Å². The predicted molar refractivity (Wildman–Crippen MR) is 79.6 cm³/mol. The standard InChI is InChI=1S/C14H9Cl2FN2O3/c15-9-2-3-11(10(17)5-9)19-13(20)7-22-14(21)8-1-4-12(16)18-6-8/h1-6H,7H2,(H,19,20). The fourth-order valence-electron chi connectivity index (χ4n) is 1.49. The van der Waals surface area contributed by atoms with Crippen LogP contribution in [-0.4, -0.2) is 23.5 Å². The molecule has 0 fully saturated rings. The summed E-state index contributed by atoms with van der Waals surface area (Å²) in [7, 11) is 0. The largest absolute Gasteiger partial charge is 0.452 e. The number of anilines is 1. The van der Waals surface area contributed by atoms with E-state index >= 15 is 0 Å². The Bertz CT molecular complexity index is 708. The van der Waals surface area contributed by atoms with Crippen LogP contribution < -0.4 is 5.32 Å². The molecule has 22 heavy (non-hydrogen) atoms. The Morgan fingerprint density at radius 2 is 2.00 bits per heavy atom. The second-order valence-corrected chi connectivity index (χ2v) is 4.94. The van der Waals surface area contributed by atoms with E-state index in [4.69, 9.17) is 27.9 Å². The van der Waals surface area contributed by atoms with E-state index in [-0.39, 0.29) is 21.4 Å². The van der Waals surface area contributed by atoms with E-state index in [2.05, 4.69) is 10.3 Å². The summed E-state index contributed by atoms with van der Waals surface area (Å²) in [4.78, 5) is 27.0. The van der Waals surface area contributed by atoms with E-state index in [9.17, 15) is 14.0 Å². The highest BCUT2D eigenvalue weighted by atomic mass is 35.5. The second kappa shape index (κ2) is 7.20. The van der Waals surface area contributed by atoms with E-state index in [1.54, 1.807) is 0 Å². The van der Waals surface area contributed by atoms with E-state index in [1.165, 1.54) is 30.5 Å². The van der Waals surface area contributed by atoms with Gasteiger partial charge in [-0.15, -0.1) is 0 Å². The Morgan fingerprint density at radius 1 is 1.23 bits per heavy atom. The quantitative estimate of drug-likeness (QED) is 0.683. The zero-order valence-corrected chi connectivity index (χ0v) is 12.5. The van der Waals surface area contributed by atoms with Gasteiger partial charge in [-0.2, -0.15) is 0 Å². The van der Waals surface area contributed by atoms with Gasteiger partial charge in [0.05, 0.1) is 11.3 Å². The molecule has 0 aliphatic rings. The summed E-state index contributed by atoms with van der Waals surface area (Å²) < 4.78 is 18.3. The molecule has 0 saturated carbocycles. The van der Waals surface area contributed by atoms with Crippen LogP contribution in [0.5, 0.6) is 0 Å². The van der Waals surface area contributed by atoms with Gasteiger partial charge < -0.3 is 10.1 Å². The van der Waals surface area contributed by atoms with Crippen molar-refractivity contribution in [2.45, 2.75) is 0 Å². The van der Waals surface area contributed by atoms with Crippen molar-refractivity contribution in [1.29, 1.82) is 0 Å². The Hall–Kier alpha value is -2.18. The minimum atomic E-state index is -0.740. The summed E-state index contributed by atoms with van der Waals surface area (Å²) in [6, 6.07) is 6.62. The lowest BCUT2D eigenvalue weighted by molar-refractivity contribution is -0.119. The number of nitrogens with one attached hydrogen (secondary N) is 1. The Balaban J connectivity index is 1.89. The van der Waals surface area contributed by atoms with Gasteiger partial charge in [-0.05, 0) is 30.3 Å². The SMILES string of the molecule is O=C(COC(=O)c1ccc(Cl)nc1)Nc1ccc(Cl)cc1F. The molecule has 0 saturated heterocycles. The number of ether oxygens (including phenoxy) is 1. The number of rotatable bonds is 4. The Morgan fingerprint density at radius 3 is 2.64 bits per heavy atom. The molecule has 0 aliphatic heterocycles. The topological polar surface area (TPSA) is 68.3 Å². The number of hydrogen-bond acceptors (Lipinski definition) is 4. The third kappa shape index (κ3) is 4.41. The van der Waals surface area contributed by atoms with Crippen LogP contribution in [0, 0.1) is 5.82 Å². The lowest BCUT2D eigenvalue weighted by atomic mass is 10.3. The number of esters is 1. The minimum absolute atomic E-state index is 0.0568. The van der Waals surface area contributed by atoms with Crippen molar-refractivity contribution >= 4 is 40.8 Å². The summed E-state index contributed by atoms with van der Waals surface area (Å²) >= 11 is 11.2. The zero-order chi connectivity index (χ0) is 16.1. The van der Waals surface area contributed by atoms with Crippen LogP contribution in [-0.2, 0) is 9.53 Å². The van der Waals surface area contributed by atoms with Crippen LogP contribution >= 0.6 is 23.2 Å². The minimum Gasteiger partial charge on any atom is -0.452 e.